The van der Waals surface area contributed by atoms with E-state index in [-0.39, 0.29) is 0 Å². The van der Waals surface area contributed by atoms with Gasteiger partial charge in [0.05, 0.1) is 5.41 Å². The Kier molecular flexibility index (Phi) is 11.3. The molecule has 0 atom stereocenters. The predicted molar refractivity (Wildman–Crippen MR) is 425 cm³/mol. The molecule has 24 rings (SSSR count). The SMILES string of the molecule is c1ccc(-c2ccc3oc4cc5c(cc4c3c2)oc2ccc(C(c3ccc4oc6cc7c(cc6c4c3)oc3ccc(-c4ccccc4)cc37)(c3ccc4oc6cc7c(cc6c4c3)oc3ccc(-c4ccccc4)cc37)c3ccc4oc6cc7c(cc6c4c3)oc3ccc(-c4ccccc4)cc37)cc25)cc1. The van der Waals surface area contributed by atoms with Crippen LogP contribution in [0.2, 0.25) is 0 Å². The molecular formula is C97H52O8. The molecule has 8 aromatic heterocycles. The van der Waals surface area contributed by atoms with Crippen molar-refractivity contribution in [3.05, 3.63) is 338 Å². The van der Waals surface area contributed by atoms with Crippen LogP contribution >= 0.6 is 0 Å². The molecule has 0 saturated carbocycles. The molecular weight excluding hydrogens is 1290 g/mol. The Morgan fingerprint density at radius 3 is 0.476 bits per heavy atom. The molecule has 8 heteroatoms. The van der Waals surface area contributed by atoms with Crippen molar-refractivity contribution in [3.63, 3.8) is 0 Å². The highest BCUT2D eigenvalue weighted by atomic mass is 16.4. The lowest BCUT2D eigenvalue weighted by atomic mass is 9.64. The quantitative estimate of drug-likeness (QED) is 0.139. The summed E-state index contributed by atoms with van der Waals surface area (Å²) in [7, 11) is 0. The van der Waals surface area contributed by atoms with Crippen molar-refractivity contribution >= 4 is 176 Å². The van der Waals surface area contributed by atoms with Crippen LogP contribution in [0, 0.1) is 0 Å². The van der Waals surface area contributed by atoms with Gasteiger partial charge in [-0.1, -0.05) is 170 Å². The highest BCUT2D eigenvalue weighted by molar-refractivity contribution is 6.20. The molecule has 8 heterocycles. The Labute approximate surface area is 594 Å². The van der Waals surface area contributed by atoms with Gasteiger partial charge in [0.25, 0.3) is 0 Å². The monoisotopic (exact) mass is 1340 g/mol. The highest BCUT2D eigenvalue weighted by Gasteiger charge is 2.41. The van der Waals surface area contributed by atoms with Crippen LogP contribution in [-0.2, 0) is 5.41 Å². The molecule has 24 aromatic rings. The van der Waals surface area contributed by atoms with Gasteiger partial charge in [-0.3, -0.25) is 0 Å². The fraction of sp³-hybridized carbons (Fsp3) is 0.0103. The Bertz CT molecular complexity index is 6890. The summed E-state index contributed by atoms with van der Waals surface area (Å²) in [4.78, 5) is 0. The Morgan fingerprint density at radius 2 is 0.286 bits per heavy atom. The molecule has 0 unspecified atom stereocenters. The smallest absolute Gasteiger partial charge is 0.136 e. The zero-order valence-electron chi connectivity index (χ0n) is 55.8. The molecule has 16 aromatic carbocycles. The van der Waals surface area contributed by atoms with Gasteiger partial charge in [-0.2, -0.15) is 0 Å². The van der Waals surface area contributed by atoms with Gasteiger partial charge in [0, 0.05) is 86.2 Å². The van der Waals surface area contributed by atoms with Crippen molar-refractivity contribution in [3.8, 4) is 44.5 Å². The number of fused-ring (bicyclic) bond motifs is 24. The predicted octanol–water partition coefficient (Wildman–Crippen LogP) is 27.9. The zero-order valence-corrected chi connectivity index (χ0v) is 55.8. The van der Waals surface area contributed by atoms with Gasteiger partial charge >= 0.3 is 0 Å². The summed E-state index contributed by atoms with van der Waals surface area (Å²) in [6, 6.07) is 112. The van der Waals surface area contributed by atoms with E-state index in [0.29, 0.717) is 0 Å². The largest absolute Gasteiger partial charge is 0.456 e. The van der Waals surface area contributed by atoms with Crippen LogP contribution in [0.5, 0.6) is 0 Å². The first-order valence-electron chi connectivity index (χ1n) is 35.4. The summed E-state index contributed by atoms with van der Waals surface area (Å²) in [6.07, 6.45) is 0. The third kappa shape index (κ3) is 8.27. The summed E-state index contributed by atoms with van der Waals surface area (Å²) in [5.41, 5.74) is 24.1. The van der Waals surface area contributed by atoms with E-state index in [9.17, 15) is 0 Å². The van der Waals surface area contributed by atoms with Gasteiger partial charge in [-0.05, 0) is 212 Å². The van der Waals surface area contributed by atoms with E-state index in [1.54, 1.807) is 0 Å². The summed E-state index contributed by atoms with van der Waals surface area (Å²) in [6.45, 7) is 0. The van der Waals surface area contributed by atoms with Crippen LogP contribution in [0.4, 0.5) is 0 Å². The minimum absolute atomic E-state index is 0.746. The minimum atomic E-state index is -1.13. The summed E-state index contributed by atoms with van der Waals surface area (Å²) >= 11 is 0. The van der Waals surface area contributed by atoms with Crippen molar-refractivity contribution in [1.29, 1.82) is 0 Å². The molecule has 0 aliphatic carbocycles. The molecule has 0 amide bonds. The van der Waals surface area contributed by atoms with Crippen molar-refractivity contribution < 1.29 is 35.3 Å². The van der Waals surface area contributed by atoms with Gasteiger partial charge in [0.1, 0.15) is 89.3 Å². The second-order valence-electron chi connectivity index (χ2n) is 28.1. The van der Waals surface area contributed by atoms with Crippen LogP contribution in [0.1, 0.15) is 22.3 Å². The maximum absolute atomic E-state index is 7.02. The van der Waals surface area contributed by atoms with Crippen LogP contribution in [0.25, 0.3) is 220 Å². The van der Waals surface area contributed by atoms with E-state index >= 15 is 0 Å². The summed E-state index contributed by atoms with van der Waals surface area (Å²) in [5, 5.41) is 15.5. The van der Waals surface area contributed by atoms with E-state index in [0.717, 1.165) is 242 Å². The molecule has 0 saturated heterocycles. The molecule has 105 heavy (non-hydrogen) atoms. The number of furan rings is 8. The minimum Gasteiger partial charge on any atom is -0.456 e. The van der Waals surface area contributed by atoms with Gasteiger partial charge in [-0.15, -0.1) is 0 Å². The molecule has 0 aliphatic rings. The second kappa shape index (κ2) is 21.0. The molecule has 0 spiro atoms. The number of hydrogen-bond acceptors (Lipinski definition) is 8. The maximum Gasteiger partial charge on any atom is 0.136 e. The topological polar surface area (TPSA) is 105 Å². The average Bonchev–Trinajstić information content (AvgIpc) is 1.67. The van der Waals surface area contributed by atoms with E-state index in [1.165, 1.54) is 0 Å². The molecule has 0 aliphatic heterocycles. The van der Waals surface area contributed by atoms with E-state index in [4.69, 9.17) is 35.3 Å². The van der Waals surface area contributed by atoms with E-state index in [2.05, 4.69) is 291 Å². The Morgan fingerprint density at radius 1 is 0.124 bits per heavy atom. The van der Waals surface area contributed by atoms with Crippen LogP contribution in [0.15, 0.2) is 351 Å². The van der Waals surface area contributed by atoms with Crippen molar-refractivity contribution in [2.45, 2.75) is 5.41 Å². The standard InChI is InChI=1S/C97H52O8/c1-5-13-53(14-6-1)57-21-29-81-65(37-57)73-45-93-77(49-89(73)98-81)69-41-61(25-33-85(69)102-93)97(62-26-34-86-70(42-62)78-50-90-74(46-94(78)103-86)66-38-58(22-30-82(66)99-90)54-15-7-2-8-16-54,63-27-35-87-71(43-63)79-51-91-75(47-95(79)104-87)67-39-59(23-31-83(67)100-91)55-17-9-3-10-18-55)64-28-36-88-72(44-64)80-52-92-76(48-96(80)105-88)68-40-60(24-32-84(68)101-92)56-19-11-4-12-20-56/h1-52H. The zero-order chi connectivity index (χ0) is 68.3. The van der Waals surface area contributed by atoms with E-state index < -0.39 is 5.41 Å². The van der Waals surface area contributed by atoms with Crippen LogP contribution < -0.4 is 0 Å². The van der Waals surface area contributed by atoms with Gasteiger partial charge in [0.15, 0.2) is 0 Å². The lowest BCUT2D eigenvalue weighted by molar-refractivity contribution is 0.662. The Hall–Kier alpha value is -14.1. The first kappa shape index (κ1) is 56.6. The number of benzene rings is 16. The van der Waals surface area contributed by atoms with Crippen LogP contribution in [-0.4, -0.2) is 0 Å². The fourth-order valence-corrected chi connectivity index (χ4v) is 17.4. The van der Waals surface area contributed by atoms with Gasteiger partial charge < -0.3 is 35.3 Å². The molecule has 0 fully saturated rings. The molecule has 0 N–H and O–H groups in total. The fourth-order valence-electron chi connectivity index (χ4n) is 17.4. The van der Waals surface area contributed by atoms with Gasteiger partial charge in [-0.25, -0.2) is 0 Å². The molecule has 8 nitrogen and oxygen atoms in total. The number of rotatable bonds is 8. The molecule has 0 bridgehead atoms. The van der Waals surface area contributed by atoms with E-state index in [1.807, 2.05) is 24.3 Å². The summed E-state index contributed by atoms with van der Waals surface area (Å²) in [5.74, 6) is 0. The third-order valence-corrected chi connectivity index (χ3v) is 22.4. The van der Waals surface area contributed by atoms with Crippen molar-refractivity contribution in [2.24, 2.45) is 0 Å². The summed E-state index contributed by atoms with van der Waals surface area (Å²) < 4.78 is 55.2. The van der Waals surface area contributed by atoms with Crippen molar-refractivity contribution in [2.75, 3.05) is 0 Å². The normalized spacial score (nSPS) is 12.6. The number of hydrogen-bond donors (Lipinski definition) is 0. The lowest BCUT2D eigenvalue weighted by Gasteiger charge is -2.37. The maximum atomic E-state index is 7.02. The Balaban J connectivity index is 0.772. The first-order valence-corrected chi connectivity index (χ1v) is 35.4. The van der Waals surface area contributed by atoms with Gasteiger partial charge in [0.2, 0.25) is 0 Å². The third-order valence-electron chi connectivity index (χ3n) is 22.4. The first-order chi connectivity index (χ1) is 51.9. The van der Waals surface area contributed by atoms with Crippen molar-refractivity contribution in [1.82, 2.24) is 0 Å². The molecule has 488 valence electrons. The average molecular weight is 1350 g/mol. The second-order valence-corrected chi connectivity index (χ2v) is 28.1. The van der Waals surface area contributed by atoms with Crippen LogP contribution in [0.3, 0.4) is 0 Å². The molecule has 0 radical (unpaired) electrons. The lowest BCUT2D eigenvalue weighted by Crippen LogP contribution is -2.31. The highest BCUT2D eigenvalue weighted by Crippen LogP contribution is 2.53.